The summed E-state index contributed by atoms with van der Waals surface area (Å²) < 4.78 is 10.6. The summed E-state index contributed by atoms with van der Waals surface area (Å²) in [5.41, 5.74) is 0.838. The number of nitrogens with one attached hydrogen (secondary N) is 1. The van der Waals surface area contributed by atoms with Crippen LogP contribution in [-0.4, -0.2) is 84.1 Å². The summed E-state index contributed by atoms with van der Waals surface area (Å²) in [7, 11) is 3.15. The summed E-state index contributed by atoms with van der Waals surface area (Å²) in [4.78, 5) is 40.0. The number of hydrogen-bond donors (Lipinski definition) is 1. The molecule has 0 spiro atoms. The van der Waals surface area contributed by atoms with Crippen molar-refractivity contribution < 1.29 is 19.1 Å². The first-order valence-corrected chi connectivity index (χ1v) is 11.4. The van der Waals surface area contributed by atoms with Crippen molar-refractivity contribution in [1.82, 2.24) is 25.1 Å². The van der Waals surface area contributed by atoms with Crippen LogP contribution in [0.5, 0.6) is 5.88 Å². The number of rotatable bonds is 7. The fraction of sp³-hybridized carbons (Fsp3) is 0.619. The van der Waals surface area contributed by atoms with Crippen LogP contribution in [0.3, 0.4) is 0 Å². The van der Waals surface area contributed by atoms with E-state index in [2.05, 4.69) is 20.2 Å². The van der Waals surface area contributed by atoms with Crippen LogP contribution in [0.1, 0.15) is 40.8 Å². The maximum absolute atomic E-state index is 13.3. The van der Waals surface area contributed by atoms with Crippen molar-refractivity contribution in [1.29, 1.82) is 0 Å². The molecule has 1 unspecified atom stereocenters. The minimum atomic E-state index is -0.178. The van der Waals surface area contributed by atoms with E-state index in [1.165, 1.54) is 11.3 Å². The second kappa shape index (κ2) is 9.05. The first kappa shape index (κ1) is 21.9. The molecule has 1 saturated heterocycles. The molecule has 2 fully saturated rings. The van der Waals surface area contributed by atoms with Gasteiger partial charge in [-0.15, -0.1) is 11.3 Å². The van der Waals surface area contributed by atoms with Crippen molar-refractivity contribution in [3.63, 3.8) is 0 Å². The van der Waals surface area contributed by atoms with Crippen molar-refractivity contribution in [2.45, 2.75) is 45.4 Å². The predicted molar refractivity (Wildman–Crippen MR) is 118 cm³/mol. The monoisotopic (exact) mass is 447 g/mol. The van der Waals surface area contributed by atoms with Gasteiger partial charge in [-0.05, 0) is 32.3 Å². The minimum Gasteiger partial charge on any atom is -0.480 e. The molecule has 9 nitrogen and oxygen atoms in total. The highest BCUT2D eigenvalue weighted by Crippen LogP contribution is 2.35. The number of thiophene rings is 1. The van der Waals surface area contributed by atoms with Crippen molar-refractivity contribution in [3.05, 3.63) is 16.3 Å². The molecule has 31 heavy (non-hydrogen) atoms. The van der Waals surface area contributed by atoms with E-state index in [4.69, 9.17) is 9.47 Å². The molecule has 3 heterocycles. The van der Waals surface area contributed by atoms with Gasteiger partial charge in [0.2, 0.25) is 11.8 Å². The van der Waals surface area contributed by atoms with Crippen LogP contribution in [0.4, 0.5) is 0 Å². The van der Waals surface area contributed by atoms with Crippen molar-refractivity contribution in [2.75, 3.05) is 40.4 Å². The highest BCUT2D eigenvalue weighted by Gasteiger charge is 2.32. The molecule has 2 aliphatic rings. The van der Waals surface area contributed by atoms with Gasteiger partial charge in [-0.1, -0.05) is 0 Å². The maximum Gasteiger partial charge on any atom is 0.264 e. The fourth-order valence-electron chi connectivity index (χ4n) is 3.86. The Hall–Kier alpha value is -2.30. The third-order valence-electron chi connectivity index (χ3n) is 5.92. The van der Waals surface area contributed by atoms with Crippen molar-refractivity contribution >= 4 is 33.4 Å². The lowest BCUT2D eigenvalue weighted by Crippen LogP contribution is -2.55. The quantitative estimate of drug-likeness (QED) is 0.688. The Morgan fingerprint density at radius 2 is 1.90 bits per heavy atom. The lowest BCUT2D eigenvalue weighted by Gasteiger charge is -2.37. The molecule has 0 radical (unpaired) electrons. The van der Waals surface area contributed by atoms with Crippen LogP contribution < -0.4 is 10.1 Å². The fourth-order valence-corrected chi connectivity index (χ4v) is 5.02. The third kappa shape index (κ3) is 4.51. The van der Waals surface area contributed by atoms with Crippen molar-refractivity contribution in [3.8, 4) is 5.88 Å². The van der Waals surface area contributed by atoms with Gasteiger partial charge in [0.15, 0.2) is 5.82 Å². The number of carbonyl (C=O) groups excluding carboxylic acids is 2. The van der Waals surface area contributed by atoms with Gasteiger partial charge in [-0.3, -0.25) is 14.5 Å². The summed E-state index contributed by atoms with van der Waals surface area (Å²) in [6, 6.07) is 0.181. The number of fused-ring (bicyclic) bond motifs is 1. The van der Waals surface area contributed by atoms with E-state index >= 15 is 0 Å². The average Bonchev–Trinajstić information content (AvgIpc) is 3.53. The van der Waals surface area contributed by atoms with Crippen LogP contribution in [0.2, 0.25) is 0 Å². The molecule has 2 aromatic heterocycles. The molecule has 1 N–H and O–H groups in total. The number of carbonyl (C=O) groups is 2. The number of aromatic nitrogens is 2. The Morgan fingerprint density at radius 1 is 1.19 bits per heavy atom. The van der Waals surface area contributed by atoms with E-state index in [0.717, 1.165) is 28.6 Å². The Labute approximate surface area is 185 Å². The molecular weight excluding hydrogens is 418 g/mol. The summed E-state index contributed by atoms with van der Waals surface area (Å²) in [6.07, 6.45) is 2.16. The highest BCUT2D eigenvalue weighted by molar-refractivity contribution is 7.20. The number of aryl methyl sites for hydroxylation is 1. The normalized spacial score (nSPS) is 18.3. The van der Waals surface area contributed by atoms with Gasteiger partial charge in [0, 0.05) is 39.3 Å². The Kier molecular flexibility index (Phi) is 6.40. The summed E-state index contributed by atoms with van der Waals surface area (Å²) >= 11 is 1.37. The van der Waals surface area contributed by atoms with E-state index in [1.807, 2.05) is 18.7 Å². The largest absolute Gasteiger partial charge is 0.480 e. The van der Waals surface area contributed by atoms with Crippen LogP contribution in [0, 0.1) is 6.92 Å². The number of nitrogens with zero attached hydrogens (tertiary/aromatic N) is 4. The van der Waals surface area contributed by atoms with E-state index in [9.17, 15) is 9.59 Å². The van der Waals surface area contributed by atoms with Gasteiger partial charge in [0.25, 0.3) is 5.91 Å². The zero-order chi connectivity index (χ0) is 22.1. The summed E-state index contributed by atoms with van der Waals surface area (Å²) in [5.74, 6) is 1.06. The standard InChI is InChI=1S/C21H29N5O4S/c1-12-16-19(30-4)23-15(11-29-3)24-20(16)31-17(12)21(28)26-9-7-25(8-10-26)13(2)18(27)22-14-5-6-14/h13-14H,5-11H2,1-4H3,(H,22,27). The molecule has 1 saturated carbocycles. The van der Waals surface area contributed by atoms with E-state index < -0.39 is 0 Å². The Balaban J connectivity index is 1.47. The first-order chi connectivity index (χ1) is 14.9. The number of amides is 2. The number of methoxy groups -OCH3 is 2. The van der Waals surface area contributed by atoms with Gasteiger partial charge < -0.3 is 19.7 Å². The van der Waals surface area contributed by atoms with Crippen LogP contribution in [-0.2, 0) is 16.1 Å². The zero-order valence-corrected chi connectivity index (χ0v) is 19.3. The molecule has 1 aliphatic carbocycles. The van der Waals surface area contributed by atoms with Gasteiger partial charge in [-0.2, -0.15) is 4.98 Å². The second-order valence-electron chi connectivity index (χ2n) is 8.11. The molecule has 168 valence electrons. The Morgan fingerprint density at radius 3 is 2.52 bits per heavy atom. The lowest BCUT2D eigenvalue weighted by molar-refractivity contribution is -0.126. The lowest BCUT2D eigenvalue weighted by atomic mass is 10.1. The molecule has 2 amide bonds. The highest BCUT2D eigenvalue weighted by atomic mass is 32.1. The maximum atomic E-state index is 13.3. The number of hydrogen-bond acceptors (Lipinski definition) is 8. The smallest absolute Gasteiger partial charge is 0.264 e. The first-order valence-electron chi connectivity index (χ1n) is 10.6. The SMILES string of the molecule is COCc1nc(OC)c2c(C)c(C(=O)N3CCN(C(C)C(=O)NC4CC4)CC3)sc2n1. The van der Waals surface area contributed by atoms with Crippen LogP contribution in [0.15, 0.2) is 0 Å². The molecule has 2 aromatic rings. The molecule has 1 atom stereocenters. The Bertz CT molecular complexity index is 982. The molecule has 10 heteroatoms. The third-order valence-corrected chi connectivity index (χ3v) is 7.09. The second-order valence-corrected chi connectivity index (χ2v) is 9.10. The topological polar surface area (TPSA) is 96.9 Å². The number of piperazine rings is 1. The molecule has 1 aliphatic heterocycles. The molecule has 4 rings (SSSR count). The minimum absolute atomic E-state index is 0.00872. The predicted octanol–water partition coefficient (Wildman–Crippen LogP) is 1.58. The number of ether oxygens (including phenoxy) is 2. The van der Waals surface area contributed by atoms with E-state index in [-0.39, 0.29) is 24.5 Å². The van der Waals surface area contributed by atoms with Gasteiger partial charge in [-0.25, -0.2) is 4.98 Å². The van der Waals surface area contributed by atoms with E-state index in [1.54, 1.807) is 14.2 Å². The molecule has 0 bridgehead atoms. The van der Waals surface area contributed by atoms with Crippen LogP contribution in [0.25, 0.3) is 10.2 Å². The van der Waals surface area contributed by atoms with Gasteiger partial charge in [0.1, 0.15) is 11.4 Å². The summed E-state index contributed by atoms with van der Waals surface area (Å²) in [6.45, 7) is 6.66. The average molecular weight is 448 g/mol. The summed E-state index contributed by atoms with van der Waals surface area (Å²) in [5, 5.41) is 3.84. The van der Waals surface area contributed by atoms with Crippen LogP contribution >= 0.6 is 11.3 Å². The van der Waals surface area contributed by atoms with Crippen molar-refractivity contribution in [2.24, 2.45) is 0 Å². The van der Waals surface area contributed by atoms with E-state index in [0.29, 0.717) is 48.8 Å². The zero-order valence-electron chi connectivity index (χ0n) is 18.4. The molecular formula is C21H29N5O4S. The van der Waals surface area contributed by atoms with Gasteiger partial charge in [0.05, 0.1) is 23.4 Å². The molecule has 0 aromatic carbocycles. The van der Waals surface area contributed by atoms with Gasteiger partial charge >= 0.3 is 0 Å².